The van der Waals surface area contributed by atoms with Crippen molar-refractivity contribution in [3.05, 3.63) is 30.1 Å². The van der Waals surface area contributed by atoms with Crippen molar-refractivity contribution in [2.45, 2.75) is 43.9 Å². The highest BCUT2D eigenvalue weighted by molar-refractivity contribution is 8.00. The van der Waals surface area contributed by atoms with Gasteiger partial charge in [0, 0.05) is 11.3 Å². The average molecular weight is 297 g/mol. The first-order valence-corrected chi connectivity index (χ1v) is 8.51. The van der Waals surface area contributed by atoms with Gasteiger partial charge in [-0.25, -0.2) is 4.98 Å². The molecule has 0 unspecified atom stereocenters. The van der Waals surface area contributed by atoms with Gasteiger partial charge in [-0.3, -0.25) is 0 Å². The van der Waals surface area contributed by atoms with Crippen molar-refractivity contribution in [3.8, 4) is 0 Å². The van der Waals surface area contributed by atoms with Crippen molar-refractivity contribution < 1.29 is 0 Å². The van der Waals surface area contributed by atoms with Crippen LogP contribution in [0.25, 0.3) is 11.0 Å². The highest BCUT2D eigenvalue weighted by Crippen LogP contribution is 2.34. The summed E-state index contributed by atoms with van der Waals surface area (Å²) in [7, 11) is 0. The summed E-state index contributed by atoms with van der Waals surface area (Å²) in [5.74, 6) is 1.44. The SMILES string of the molecule is CCC(CC)(Cn1c(CCl)nc2ccccc21)SC. The lowest BCUT2D eigenvalue weighted by molar-refractivity contribution is 0.466. The minimum absolute atomic E-state index is 0.268. The predicted molar refractivity (Wildman–Crippen MR) is 86.1 cm³/mol. The summed E-state index contributed by atoms with van der Waals surface area (Å²) in [6.07, 6.45) is 4.50. The van der Waals surface area contributed by atoms with Gasteiger partial charge < -0.3 is 4.57 Å². The Bertz CT molecular complexity index is 538. The summed E-state index contributed by atoms with van der Waals surface area (Å²) >= 11 is 8.02. The third-order valence-corrected chi connectivity index (χ3v) is 5.83. The van der Waals surface area contributed by atoms with Crippen molar-refractivity contribution in [1.82, 2.24) is 9.55 Å². The van der Waals surface area contributed by atoms with Gasteiger partial charge in [-0.1, -0.05) is 26.0 Å². The Hall–Kier alpha value is -0.670. The van der Waals surface area contributed by atoms with E-state index in [1.165, 1.54) is 5.52 Å². The van der Waals surface area contributed by atoms with Gasteiger partial charge >= 0.3 is 0 Å². The highest BCUT2D eigenvalue weighted by Gasteiger charge is 2.27. The molecule has 0 amide bonds. The van der Waals surface area contributed by atoms with Gasteiger partial charge in [-0.05, 0) is 31.2 Å². The van der Waals surface area contributed by atoms with Gasteiger partial charge in [-0.15, -0.1) is 11.6 Å². The molecule has 19 heavy (non-hydrogen) atoms. The number of benzene rings is 1. The molecule has 2 nitrogen and oxygen atoms in total. The van der Waals surface area contributed by atoms with Crippen molar-refractivity contribution in [2.75, 3.05) is 6.26 Å². The minimum atomic E-state index is 0.268. The number of hydrogen-bond acceptors (Lipinski definition) is 2. The van der Waals surface area contributed by atoms with Crippen molar-refractivity contribution in [2.24, 2.45) is 0 Å². The highest BCUT2D eigenvalue weighted by atomic mass is 35.5. The number of imidazole rings is 1. The zero-order chi connectivity index (χ0) is 13.9. The molecule has 1 aromatic carbocycles. The molecule has 0 aliphatic rings. The second kappa shape index (κ2) is 6.19. The smallest absolute Gasteiger partial charge is 0.124 e. The van der Waals surface area contributed by atoms with E-state index in [9.17, 15) is 0 Å². The summed E-state index contributed by atoms with van der Waals surface area (Å²) in [5, 5.41) is 0. The Morgan fingerprint density at radius 3 is 2.53 bits per heavy atom. The normalized spacial score (nSPS) is 12.2. The molecule has 0 aliphatic heterocycles. The van der Waals surface area contributed by atoms with E-state index in [2.05, 4.69) is 47.9 Å². The monoisotopic (exact) mass is 296 g/mol. The number of thioether (sulfide) groups is 1. The van der Waals surface area contributed by atoms with Crippen LogP contribution in [0, 0.1) is 0 Å². The molecule has 0 spiro atoms. The zero-order valence-corrected chi connectivity index (χ0v) is 13.4. The van der Waals surface area contributed by atoms with Crippen LogP contribution in [0.3, 0.4) is 0 Å². The van der Waals surface area contributed by atoms with Crippen LogP contribution < -0.4 is 0 Å². The molecule has 0 bridgehead atoms. The van der Waals surface area contributed by atoms with Crippen LogP contribution in [-0.4, -0.2) is 20.6 Å². The van der Waals surface area contributed by atoms with E-state index in [4.69, 9.17) is 11.6 Å². The minimum Gasteiger partial charge on any atom is -0.326 e. The average Bonchev–Trinajstić information content (AvgIpc) is 2.82. The van der Waals surface area contributed by atoms with Crippen LogP contribution >= 0.6 is 23.4 Å². The summed E-state index contributed by atoms with van der Waals surface area (Å²) < 4.78 is 2.57. The number of halogens is 1. The van der Waals surface area contributed by atoms with Gasteiger partial charge in [0.1, 0.15) is 5.82 Å². The van der Waals surface area contributed by atoms with Crippen LogP contribution in [0.4, 0.5) is 0 Å². The van der Waals surface area contributed by atoms with E-state index in [-0.39, 0.29) is 4.75 Å². The maximum Gasteiger partial charge on any atom is 0.124 e. The summed E-state index contributed by atoms with van der Waals surface area (Å²) in [4.78, 5) is 4.64. The quantitative estimate of drug-likeness (QED) is 0.719. The number of para-hydroxylation sites is 2. The van der Waals surface area contributed by atoms with E-state index < -0.39 is 0 Å². The van der Waals surface area contributed by atoms with E-state index in [0.717, 1.165) is 30.7 Å². The van der Waals surface area contributed by atoms with E-state index in [1.807, 2.05) is 17.8 Å². The van der Waals surface area contributed by atoms with Crippen LogP contribution in [0.1, 0.15) is 32.5 Å². The summed E-state index contributed by atoms with van der Waals surface area (Å²) in [6, 6.07) is 8.28. The molecule has 0 fully saturated rings. The third kappa shape index (κ3) is 2.77. The first-order valence-electron chi connectivity index (χ1n) is 6.75. The lowest BCUT2D eigenvalue weighted by Crippen LogP contribution is -2.29. The van der Waals surface area contributed by atoms with Gasteiger partial charge in [0.15, 0.2) is 0 Å². The fourth-order valence-electron chi connectivity index (χ4n) is 2.52. The van der Waals surface area contributed by atoms with Crippen LogP contribution in [0.15, 0.2) is 24.3 Å². The lowest BCUT2D eigenvalue weighted by Gasteiger charge is -2.31. The number of rotatable bonds is 6. The van der Waals surface area contributed by atoms with Crippen LogP contribution in [-0.2, 0) is 12.4 Å². The number of fused-ring (bicyclic) bond motifs is 1. The largest absolute Gasteiger partial charge is 0.326 e. The van der Waals surface area contributed by atoms with Crippen molar-refractivity contribution >= 4 is 34.4 Å². The summed E-state index contributed by atoms with van der Waals surface area (Å²) in [6.45, 7) is 5.50. The fraction of sp³-hybridized carbons (Fsp3) is 0.533. The molecule has 0 aliphatic carbocycles. The maximum absolute atomic E-state index is 6.07. The molecular formula is C15H21ClN2S. The second-order valence-corrected chi connectivity index (χ2v) is 6.37. The Morgan fingerprint density at radius 1 is 1.26 bits per heavy atom. The predicted octanol–water partition coefficient (Wildman–Crippen LogP) is 4.70. The topological polar surface area (TPSA) is 17.8 Å². The van der Waals surface area contributed by atoms with E-state index in [0.29, 0.717) is 5.88 Å². The van der Waals surface area contributed by atoms with E-state index in [1.54, 1.807) is 0 Å². The van der Waals surface area contributed by atoms with Gasteiger partial charge in [0.25, 0.3) is 0 Å². The first kappa shape index (κ1) is 14.7. The van der Waals surface area contributed by atoms with Gasteiger partial charge in [0.2, 0.25) is 0 Å². The van der Waals surface area contributed by atoms with Gasteiger partial charge in [0.05, 0.1) is 16.9 Å². The summed E-state index contributed by atoms with van der Waals surface area (Å²) in [5.41, 5.74) is 2.24. The number of nitrogens with zero attached hydrogens (tertiary/aromatic N) is 2. The molecule has 1 aromatic heterocycles. The molecule has 1 heterocycles. The zero-order valence-electron chi connectivity index (χ0n) is 11.8. The molecule has 0 atom stereocenters. The Labute approximate surface area is 124 Å². The molecule has 2 aromatic rings. The molecule has 0 saturated heterocycles. The van der Waals surface area contributed by atoms with Crippen LogP contribution in [0.2, 0.25) is 0 Å². The molecule has 4 heteroatoms. The molecular weight excluding hydrogens is 276 g/mol. The number of alkyl halides is 1. The molecule has 2 rings (SSSR count). The molecule has 0 saturated carbocycles. The third-order valence-electron chi connectivity index (χ3n) is 4.02. The van der Waals surface area contributed by atoms with Crippen molar-refractivity contribution in [3.63, 3.8) is 0 Å². The molecule has 0 N–H and O–H groups in total. The first-order chi connectivity index (χ1) is 9.19. The Morgan fingerprint density at radius 2 is 1.95 bits per heavy atom. The van der Waals surface area contributed by atoms with Crippen LogP contribution in [0.5, 0.6) is 0 Å². The second-order valence-electron chi connectivity index (χ2n) is 4.83. The molecule has 104 valence electrons. The maximum atomic E-state index is 6.07. The lowest BCUT2D eigenvalue weighted by atomic mass is 10.0. The van der Waals surface area contributed by atoms with Crippen molar-refractivity contribution in [1.29, 1.82) is 0 Å². The number of aromatic nitrogens is 2. The van der Waals surface area contributed by atoms with Gasteiger partial charge in [-0.2, -0.15) is 11.8 Å². The van der Waals surface area contributed by atoms with E-state index >= 15 is 0 Å². The fourth-order valence-corrected chi connectivity index (χ4v) is 3.56. The number of hydrogen-bond donors (Lipinski definition) is 0. The Kier molecular flexibility index (Phi) is 4.80. The Balaban J connectivity index is 2.48. The standard InChI is InChI=1S/C15H21ClN2S/c1-4-15(5-2,19-3)11-18-13-9-7-6-8-12(13)17-14(18)10-16/h6-9H,4-5,10-11H2,1-3H3. The molecule has 0 radical (unpaired) electrons.